The summed E-state index contributed by atoms with van der Waals surface area (Å²) in [6.45, 7) is 11.7. The molecule has 0 heterocycles. The standard InChI is InChI=1S/C24H29NO4S/c1-7-29-23(26)15-16-25(30(27,28)20-13-11-19(6)12-14-20)24-21(17(2)3)9-8-10-22(24)18(4)5/h8-14,17-18H,7H2,1-6H3. The van der Waals surface area contributed by atoms with Gasteiger partial charge in [0.25, 0.3) is 10.0 Å². The van der Waals surface area contributed by atoms with Gasteiger partial charge in [0.05, 0.1) is 17.2 Å². The second kappa shape index (κ2) is 9.82. The average molecular weight is 428 g/mol. The molecule has 0 aliphatic rings. The molecule has 0 radical (unpaired) electrons. The number of para-hydroxylation sites is 1. The molecule has 5 nitrogen and oxygen atoms in total. The Kier molecular flexibility index (Phi) is 7.69. The highest BCUT2D eigenvalue weighted by Gasteiger charge is 2.29. The SMILES string of the molecule is CCOC(=O)C#CN(c1c(C(C)C)cccc1C(C)C)S(=O)(=O)c1ccc(C)cc1. The molecule has 2 aromatic carbocycles. The quantitative estimate of drug-likeness (QED) is 0.371. The maximum atomic E-state index is 13.6. The number of sulfonamides is 1. The van der Waals surface area contributed by atoms with Gasteiger partial charge in [-0.05, 0) is 48.9 Å². The van der Waals surface area contributed by atoms with Gasteiger partial charge < -0.3 is 4.74 Å². The van der Waals surface area contributed by atoms with Crippen LogP contribution in [-0.4, -0.2) is 21.0 Å². The van der Waals surface area contributed by atoms with E-state index in [9.17, 15) is 13.2 Å². The zero-order valence-electron chi connectivity index (χ0n) is 18.4. The third-order valence-electron chi connectivity index (χ3n) is 4.64. The molecule has 0 saturated heterocycles. The lowest BCUT2D eigenvalue weighted by Gasteiger charge is -2.26. The molecule has 2 rings (SSSR count). The summed E-state index contributed by atoms with van der Waals surface area (Å²) < 4.78 is 33.2. The lowest BCUT2D eigenvalue weighted by Crippen LogP contribution is -2.29. The van der Waals surface area contributed by atoms with Crippen LogP contribution in [0.5, 0.6) is 0 Å². The van der Waals surface area contributed by atoms with Gasteiger partial charge in [-0.15, -0.1) is 0 Å². The van der Waals surface area contributed by atoms with Crippen molar-refractivity contribution in [3.05, 3.63) is 59.2 Å². The molecule has 160 valence electrons. The van der Waals surface area contributed by atoms with Crippen LogP contribution < -0.4 is 4.31 Å². The largest absolute Gasteiger partial charge is 0.456 e. The van der Waals surface area contributed by atoms with Crippen molar-refractivity contribution in [1.82, 2.24) is 0 Å². The second-order valence-electron chi connectivity index (χ2n) is 7.63. The summed E-state index contributed by atoms with van der Waals surface area (Å²) in [5.74, 6) is 1.68. The molecule has 0 aromatic heterocycles. The van der Waals surface area contributed by atoms with Gasteiger partial charge in [-0.3, -0.25) is 0 Å². The predicted octanol–water partition coefficient (Wildman–Crippen LogP) is 4.96. The van der Waals surface area contributed by atoms with Crippen molar-refractivity contribution in [2.45, 2.75) is 58.3 Å². The van der Waals surface area contributed by atoms with Gasteiger partial charge in [-0.2, -0.15) is 4.31 Å². The van der Waals surface area contributed by atoms with Gasteiger partial charge >= 0.3 is 5.97 Å². The highest BCUT2D eigenvalue weighted by Crippen LogP contribution is 2.37. The van der Waals surface area contributed by atoms with Crippen molar-refractivity contribution in [3.8, 4) is 12.0 Å². The molecule has 0 spiro atoms. The first-order chi connectivity index (χ1) is 14.1. The zero-order valence-corrected chi connectivity index (χ0v) is 19.2. The summed E-state index contributed by atoms with van der Waals surface area (Å²) in [5, 5.41) is 0. The Morgan fingerprint density at radius 3 is 2.00 bits per heavy atom. The van der Waals surface area contributed by atoms with Crippen molar-refractivity contribution in [3.63, 3.8) is 0 Å². The van der Waals surface area contributed by atoms with Gasteiger partial charge in [0.2, 0.25) is 0 Å². The summed E-state index contributed by atoms with van der Waals surface area (Å²) in [6, 6.07) is 14.9. The number of anilines is 1. The molecule has 0 unspecified atom stereocenters. The Morgan fingerprint density at radius 1 is 1.00 bits per heavy atom. The first-order valence-electron chi connectivity index (χ1n) is 10.0. The van der Waals surface area contributed by atoms with Crippen molar-refractivity contribution in [2.75, 3.05) is 10.9 Å². The molecule has 0 saturated carbocycles. The summed E-state index contributed by atoms with van der Waals surface area (Å²) in [4.78, 5) is 12.0. The summed E-state index contributed by atoms with van der Waals surface area (Å²) in [6.07, 6.45) is 0. The normalized spacial score (nSPS) is 11.2. The fourth-order valence-electron chi connectivity index (χ4n) is 3.06. The number of rotatable bonds is 6. The molecule has 0 bridgehead atoms. The molecular weight excluding hydrogens is 398 g/mol. The smallest absolute Gasteiger partial charge is 0.386 e. The van der Waals surface area contributed by atoms with Gasteiger partial charge in [-0.25, -0.2) is 13.2 Å². The molecular formula is C24H29NO4S. The summed E-state index contributed by atoms with van der Waals surface area (Å²) in [7, 11) is -4.04. The first kappa shape index (κ1) is 23.5. The van der Waals surface area contributed by atoms with E-state index >= 15 is 0 Å². The monoisotopic (exact) mass is 427 g/mol. The zero-order chi connectivity index (χ0) is 22.5. The van der Waals surface area contributed by atoms with Crippen molar-refractivity contribution in [2.24, 2.45) is 0 Å². The van der Waals surface area contributed by atoms with Crippen LogP contribution in [0.1, 0.15) is 63.1 Å². The van der Waals surface area contributed by atoms with Gasteiger partial charge in [0.1, 0.15) is 0 Å². The Bertz CT molecular complexity index is 1030. The minimum absolute atomic E-state index is 0.0545. The second-order valence-corrected chi connectivity index (χ2v) is 9.42. The third-order valence-corrected chi connectivity index (χ3v) is 6.26. The number of hydrogen-bond donors (Lipinski definition) is 0. The van der Waals surface area contributed by atoms with Crippen LogP contribution in [0.25, 0.3) is 0 Å². The average Bonchev–Trinajstić information content (AvgIpc) is 2.68. The first-order valence-corrected chi connectivity index (χ1v) is 11.5. The molecule has 0 amide bonds. The number of nitrogens with zero attached hydrogens (tertiary/aromatic N) is 1. The van der Waals surface area contributed by atoms with Crippen molar-refractivity contribution in [1.29, 1.82) is 0 Å². The Morgan fingerprint density at radius 2 is 1.53 bits per heavy atom. The van der Waals surface area contributed by atoms with Crippen LogP contribution in [-0.2, 0) is 19.6 Å². The molecule has 2 aromatic rings. The molecule has 0 N–H and O–H groups in total. The van der Waals surface area contributed by atoms with E-state index in [4.69, 9.17) is 4.74 Å². The lowest BCUT2D eigenvalue weighted by molar-refractivity contribution is -0.136. The Labute approximate surface area is 180 Å². The van der Waals surface area contributed by atoms with Gasteiger partial charge in [-0.1, -0.05) is 63.6 Å². The number of carbonyl (C=O) groups is 1. The van der Waals surface area contributed by atoms with Gasteiger partial charge in [0.15, 0.2) is 0 Å². The maximum Gasteiger partial charge on any atom is 0.386 e. The number of aryl methyl sites for hydroxylation is 1. The minimum Gasteiger partial charge on any atom is -0.456 e. The van der Waals surface area contributed by atoms with E-state index in [0.717, 1.165) is 21.0 Å². The van der Waals surface area contributed by atoms with Crippen molar-refractivity contribution >= 4 is 21.7 Å². The van der Waals surface area contributed by atoms with Gasteiger partial charge in [0, 0.05) is 12.0 Å². The predicted molar refractivity (Wildman–Crippen MR) is 120 cm³/mol. The van der Waals surface area contributed by atoms with Crippen LogP contribution in [0.3, 0.4) is 0 Å². The highest BCUT2D eigenvalue weighted by molar-refractivity contribution is 7.93. The van der Waals surface area contributed by atoms with Crippen molar-refractivity contribution < 1.29 is 17.9 Å². The van der Waals surface area contributed by atoms with Crippen LogP contribution in [0.4, 0.5) is 5.69 Å². The van der Waals surface area contributed by atoms with E-state index in [1.54, 1.807) is 31.2 Å². The number of esters is 1. The molecule has 30 heavy (non-hydrogen) atoms. The number of ether oxygens (including phenoxy) is 1. The number of carbonyl (C=O) groups excluding carboxylic acids is 1. The maximum absolute atomic E-state index is 13.6. The lowest BCUT2D eigenvalue weighted by atomic mass is 9.93. The molecule has 6 heteroatoms. The number of benzene rings is 2. The molecule has 0 fully saturated rings. The Hall–Kier alpha value is -2.78. The van der Waals surface area contributed by atoms with E-state index in [1.165, 1.54) is 0 Å². The van der Waals surface area contributed by atoms with E-state index in [2.05, 4.69) is 12.0 Å². The van der Waals surface area contributed by atoms with E-state index in [0.29, 0.717) is 5.69 Å². The summed E-state index contributed by atoms with van der Waals surface area (Å²) >= 11 is 0. The van der Waals surface area contributed by atoms with Crippen LogP contribution in [0.2, 0.25) is 0 Å². The summed E-state index contributed by atoms with van der Waals surface area (Å²) in [5.41, 5.74) is 3.13. The van der Waals surface area contributed by atoms with Crippen LogP contribution in [0.15, 0.2) is 47.4 Å². The molecule has 0 atom stereocenters. The number of hydrogen-bond acceptors (Lipinski definition) is 4. The highest BCUT2D eigenvalue weighted by atomic mass is 32.2. The van der Waals surface area contributed by atoms with E-state index in [-0.39, 0.29) is 23.3 Å². The van der Waals surface area contributed by atoms with Crippen LogP contribution in [0, 0.1) is 18.9 Å². The molecule has 0 aliphatic carbocycles. The van der Waals surface area contributed by atoms with E-state index in [1.807, 2.05) is 52.8 Å². The fourth-order valence-corrected chi connectivity index (χ4v) is 4.37. The topological polar surface area (TPSA) is 63.7 Å². The van der Waals surface area contributed by atoms with E-state index < -0.39 is 16.0 Å². The fraction of sp³-hybridized carbons (Fsp3) is 0.375. The minimum atomic E-state index is -4.04. The van der Waals surface area contributed by atoms with Crippen LogP contribution >= 0.6 is 0 Å². The third kappa shape index (κ3) is 5.22. The molecule has 0 aliphatic heterocycles. The Balaban J connectivity index is 2.81.